The first-order chi connectivity index (χ1) is 9.28. The van der Waals surface area contributed by atoms with Crippen LogP contribution in [0.4, 0.5) is 0 Å². The molecule has 0 amide bonds. The maximum absolute atomic E-state index is 11.9. The van der Waals surface area contributed by atoms with Crippen LogP contribution in [0, 0.1) is 17.3 Å². The van der Waals surface area contributed by atoms with Gasteiger partial charge in [-0.05, 0) is 31.6 Å². The lowest BCUT2D eigenvalue weighted by atomic mass is 9.84. The first-order valence-electron chi connectivity index (χ1n) is 6.32. The number of hydrogen-bond acceptors (Lipinski definition) is 5. The predicted molar refractivity (Wildman–Crippen MR) is 69.7 cm³/mol. The molecule has 112 valence electrons. The van der Waals surface area contributed by atoms with Gasteiger partial charge in [-0.2, -0.15) is 0 Å². The van der Waals surface area contributed by atoms with Crippen molar-refractivity contribution in [2.24, 2.45) is 17.3 Å². The Labute approximate surface area is 117 Å². The van der Waals surface area contributed by atoms with Gasteiger partial charge >= 0.3 is 17.9 Å². The second kappa shape index (κ2) is 6.07. The van der Waals surface area contributed by atoms with E-state index in [0.29, 0.717) is 0 Å². The monoisotopic (exact) mass is 284 g/mol. The van der Waals surface area contributed by atoms with Crippen molar-refractivity contribution in [3.05, 3.63) is 12.2 Å². The normalized spacial score (nSPS) is 28.8. The van der Waals surface area contributed by atoms with E-state index in [1.807, 2.05) is 0 Å². The minimum Gasteiger partial charge on any atom is -0.480 e. The summed E-state index contributed by atoms with van der Waals surface area (Å²) in [4.78, 5) is 34.9. The number of carboxylic acids is 1. The van der Waals surface area contributed by atoms with Crippen LogP contribution in [0.1, 0.15) is 26.2 Å². The standard InChI is InChI=1S/C14H20O6/c1-8(2)10-7-14(12(16)17,13(18)20-4)6-9(10)5-11(15)19-3/h9-10H,1,5-7H2,2-4H3,(H,16,17). The number of ether oxygens (including phenoxy) is 2. The van der Waals surface area contributed by atoms with Gasteiger partial charge in [-0.15, -0.1) is 0 Å². The average molecular weight is 284 g/mol. The van der Waals surface area contributed by atoms with Crippen LogP contribution >= 0.6 is 0 Å². The lowest BCUT2D eigenvalue weighted by Crippen LogP contribution is -2.38. The largest absolute Gasteiger partial charge is 0.480 e. The molecule has 0 saturated heterocycles. The van der Waals surface area contributed by atoms with Crippen molar-refractivity contribution < 1.29 is 29.0 Å². The van der Waals surface area contributed by atoms with Gasteiger partial charge in [-0.3, -0.25) is 14.4 Å². The summed E-state index contributed by atoms with van der Waals surface area (Å²) in [5.41, 5.74) is -0.845. The van der Waals surface area contributed by atoms with Gasteiger partial charge in [0.1, 0.15) is 0 Å². The van der Waals surface area contributed by atoms with Gasteiger partial charge in [-0.1, -0.05) is 12.2 Å². The number of carbonyl (C=O) groups excluding carboxylic acids is 2. The van der Waals surface area contributed by atoms with Crippen LogP contribution in [-0.2, 0) is 23.9 Å². The number of allylic oxidation sites excluding steroid dienone is 1. The van der Waals surface area contributed by atoms with Crippen LogP contribution in [0.5, 0.6) is 0 Å². The second-order valence-corrected chi connectivity index (χ2v) is 5.28. The number of aliphatic carboxylic acids is 1. The minimum absolute atomic E-state index is 0.0572. The first-order valence-corrected chi connectivity index (χ1v) is 6.32. The molecule has 0 bridgehead atoms. The smallest absolute Gasteiger partial charge is 0.323 e. The maximum Gasteiger partial charge on any atom is 0.323 e. The molecule has 1 rings (SSSR count). The van der Waals surface area contributed by atoms with Crippen LogP contribution in [0.15, 0.2) is 12.2 Å². The Morgan fingerprint density at radius 2 is 1.85 bits per heavy atom. The van der Waals surface area contributed by atoms with Crippen molar-refractivity contribution in [2.75, 3.05) is 14.2 Å². The fraction of sp³-hybridized carbons (Fsp3) is 0.643. The molecule has 0 aliphatic heterocycles. The van der Waals surface area contributed by atoms with Crippen LogP contribution in [0.2, 0.25) is 0 Å². The molecular formula is C14H20O6. The van der Waals surface area contributed by atoms with E-state index in [9.17, 15) is 19.5 Å². The van der Waals surface area contributed by atoms with E-state index in [-0.39, 0.29) is 31.1 Å². The molecule has 1 fully saturated rings. The highest BCUT2D eigenvalue weighted by Crippen LogP contribution is 2.50. The molecule has 1 aliphatic rings. The summed E-state index contributed by atoms with van der Waals surface area (Å²) in [7, 11) is 2.44. The van der Waals surface area contributed by atoms with Gasteiger partial charge in [0, 0.05) is 6.42 Å². The fourth-order valence-corrected chi connectivity index (χ4v) is 2.93. The van der Waals surface area contributed by atoms with Crippen LogP contribution in [0.3, 0.4) is 0 Å². The van der Waals surface area contributed by atoms with Gasteiger partial charge < -0.3 is 14.6 Å². The summed E-state index contributed by atoms with van der Waals surface area (Å²) in [6.45, 7) is 5.60. The third-order valence-corrected chi connectivity index (χ3v) is 4.02. The maximum atomic E-state index is 11.9. The third-order valence-electron chi connectivity index (χ3n) is 4.02. The number of hydrogen-bond donors (Lipinski definition) is 1. The van der Waals surface area contributed by atoms with E-state index in [0.717, 1.165) is 12.7 Å². The quantitative estimate of drug-likeness (QED) is 0.466. The van der Waals surface area contributed by atoms with E-state index >= 15 is 0 Å². The Kier molecular flexibility index (Phi) is 4.92. The third kappa shape index (κ3) is 2.84. The number of esters is 2. The Bertz CT molecular complexity index is 441. The van der Waals surface area contributed by atoms with Gasteiger partial charge in [0.2, 0.25) is 0 Å². The van der Waals surface area contributed by atoms with Crippen molar-refractivity contribution in [1.29, 1.82) is 0 Å². The molecule has 6 nitrogen and oxygen atoms in total. The van der Waals surface area contributed by atoms with Crippen molar-refractivity contribution in [2.45, 2.75) is 26.2 Å². The van der Waals surface area contributed by atoms with E-state index in [1.54, 1.807) is 6.92 Å². The molecule has 3 unspecified atom stereocenters. The van der Waals surface area contributed by atoms with Gasteiger partial charge in [-0.25, -0.2) is 0 Å². The first kappa shape index (κ1) is 16.2. The number of carboxylic acid groups (broad SMARTS) is 1. The fourth-order valence-electron chi connectivity index (χ4n) is 2.93. The molecule has 1 N–H and O–H groups in total. The lowest BCUT2D eigenvalue weighted by molar-refractivity contribution is -0.167. The molecule has 0 aromatic heterocycles. The summed E-state index contributed by atoms with van der Waals surface area (Å²) in [5.74, 6) is -2.92. The van der Waals surface area contributed by atoms with Crippen LogP contribution in [0.25, 0.3) is 0 Å². The minimum atomic E-state index is -1.60. The zero-order valence-electron chi connectivity index (χ0n) is 12.0. The Morgan fingerprint density at radius 1 is 1.25 bits per heavy atom. The van der Waals surface area contributed by atoms with Crippen molar-refractivity contribution in [3.63, 3.8) is 0 Å². The van der Waals surface area contributed by atoms with Crippen LogP contribution in [-0.4, -0.2) is 37.2 Å². The zero-order chi connectivity index (χ0) is 15.5. The summed E-state index contributed by atoms with van der Waals surface area (Å²) >= 11 is 0. The van der Waals surface area contributed by atoms with E-state index in [4.69, 9.17) is 0 Å². The zero-order valence-corrected chi connectivity index (χ0v) is 12.0. The molecule has 0 radical (unpaired) electrons. The Hall–Kier alpha value is -1.85. The Morgan fingerprint density at radius 3 is 2.25 bits per heavy atom. The molecule has 0 heterocycles. The average Bonchev–Trinajstić information content (AvgIpc) is 2.78. The number of carbonyl (C=O) groups is 3. The summed E-state index contributed by atoms with van der Waals surface area (Å²) in [6, 6.07) is 0. The number of rotatable bonds is 5. The summed E-state index contributed by atoms with van der Waals surface area (Å²) in [5, 5.41) is 9.43. The second-order valence-electron chi connectivity index (χ2n) is 5.28. The van der Waals surface area contributed by atoms with E-state index < -0.39 is 23.3 Å². The molecule has 1 saturated carbocycles. The highest BCUT2D eigenvalue weighted by molar-refractivity contribution is 5.99. The highest BCUT2D eigenvalue weighted by Gasteiger charge is 2.57. The Balaban J connectivity index is 3.09. The van der Waals surface area contributed by atoms with E-state index in [2.05, 4.69) is 16.1 Å². The van der Waals surface area contributed by atoms with Crippen molar-refractivity contribution >= 4 is 17.9 Å². The molecule has 6 heteroatoms. The molecular weight excluding hydrogens is 264 g/mol. The molecule has 0 aromatic rings. The van der Waals surface area contributed by atoms with Gasteiger partial charge in [0.05, 0.1) is 14.2 Å². The number of methoxy groups -OCH3 is 2. The summed E-state index contributed by atoms with van der Waals surface area (Å²) in [6.07, 6.45) is 0.230. The topological polar surface area (TPSA) is 89.9 Å². The van der Waals surface area contributed by atoms with Gasteiger partial charge in [0.25, 0.3) is 0 Å². The van der Waals surface area contributed by atoms with Crippen LogP contribution < -0.4 is 0 Å². The predicted octanol–water partition coefficient (Wildman–Crippen LogP) is 1.40. The molecule has 0 spiro atoms. The highest BCUT2D eigenvalue weighted by atomic mass is 16.5. The molecule has 3 atom stereocenters. The van der Waals surface area contributed by atoms with E-state index in [1.165, 1.54) is 7.11 Å². The molecule has 1 aliphatic carbocycles. The van der Waals surface area contributed by atoms with Crippen molar-refractivity contribution in [3.8, 4) is 0 Å². The SMILES string of the molecule is C=C(C)C1CC(C(=O)O)(C(=O)OC)CC1CC(=O)OC. The van der Waals surface area contributed by atoms with Gasteiger partial charge in [0.15, 0.2) is 5.41 Å². The molecule has 20 heavy (non-hydrogen) atoms. The lowest BCUT2D eigenvalue weighted by Gasteiger charge is -2.21. The van der Waals surface area contributed by atoms with Crippen molar-refractivity contribution in [1.82, 2.24) is 0 Å². The summed E-state index contributed by atoms with van der Waals surface area (Å²) < 4.78 is 9.26. The molecule has 0 aromatic carbocycles.